The van der Waals surface area contributed by atoms with Gasteiger partial charge in [0.1, 0.15) is 5.78 Å². The zero-order chi connectivity index (χ0) is 11.9. The van der Waals surface area contributed by atoms with E-state index in [2.05, 4.69) is 24.1 Å². The SMILES string of the molecule is CC#CCCC(=O)C1(CCC)CCCNC1. The Morgan fingerprint density at radius 2 is 2.31 bits per heavy atom. The van der Waals surface area contributed by atoms with Gasteiger partial charge >= 0.3 is 0 Å². The number of hydrogen-bond donors (Lipinski definition) is 1. The average molecular weight is 221 g/mol. The van der Waals surface area contributed by atoms with Crippen molar-refractivity contribution < 1.29 is 4.79 Å². The third-order valence-corrected chi connectivity index (χ3v) is 3.45. The Morgan fingerprint density at radius 3 is 2.88 bits per heavy atom. The first-order valence-electron chi connectivity index (χ1n) is 6.39. The van der Waals surface area contributed by atoms with Crippen molar-refractivity contribution in [1.29, 1.82) is 0 Å². The Hall–Kier alpha value is -0.810. The Bertz CT molecular complexity index is 273. The van der Waals surface area contributed by atoms with Gasteiger partial charge in [-0.05, 0) is 32.7 Å². The van der Waals surface area contributed by atoms with Crippen LogP contribution in [0.15, 0.2) is 0 Å². The van der Waals surface area contributed by atoms with E-state index in [0.717, 1.165) is 45.2 Å². The molecule has 1 saturated heterocycles. The predicted octanol–water partition coefficient (Wildman–Crippen LogP) is 2.53. The molecule has 0 saturated carbocycles. The van der Waals surface area contributed by atoms with Gasteiger partial charge in [0.05, 0.1) is 0 Å². The van der Waals surface area contributed by atoms with E-state index in [1.165, 1.54) is 0 Å². The molecule has 2 nitrogen and oxygen atoms in total. The lowest BCUT2D eigenvalue weighted by Crippen LogP contribution is -2.45. The van der Waals surface area contributed by atoms with Crippen LogP contribution in [0.25, 0.3) is 0 Å². The number of Topliss-reactive ketones (excluding diaryl/α,β-unsaturated/α-hetero) is 1. The van der Waals surface area contributed by atoms with Crippen molar-refractivity contribution >= 4 is 5.78 Å². The van der Waals surface area contributed by atoms with E-state index in [4.69, 9.17) is 0 Å². The first-order valence-corrected chi connectivity index (χ1v) is 6.39. The van der Waals surface area contributed by atoms with Crippen LogP contribution in [-0.4, -0.2) is 18.9 Å². The highest BCUT2D eigenvalue weighted by atomic mass is 16.1. The van der Waals surface area contributed by atoms with Crippen LogP contribution in [0.5, 0.6) is 0 Å². The minimum absolute atomic E-state index is 0.0809. The monoisotopic (exact) mass is 221 g/mol. The molecule has 0 aromatic heterocycles. The van der Waals surface area contributed by atoms with Gasteiger partial charge in [0.25, 0.3) is 0 Å². The third kappa shape index (κ3) is 3.35. The summed E-state index contributed by atoms with van der Waals surface area (Å²) in [5, 5.41) is 3.37. The fourth-order valence-electron chi connectivity index (χ4n) is 2.60. The number of ketones is 1. The normalized spacial score (nSPS) is 24.6. The molecule has 0 radical (unpaired) electrons. The van der Waals surface area contributed by atoms with Gasteiger partial charge in [-0.1, -0.05) is 13.3 Å². The van der Waals surface area contributed by atoms with E-state index in [0.29, 0.717) is 12.2 Å². The lowest BCUT2D eigenvalue weighted by atomic mass is 9.72. The molecule has 90 valence electrons. The molecule has 1 rings (SSSR count). The maximum Gasteiger partial charge on any atom is 0.141 e. The molecule has 0 aliphatic carbocycles. The Labute approximate surface area is 99.2 Å². The smallest absolute Gasteiger partial charge is 0.141 e. The molecule has 1 aliphatic rings. The summed E-state index contributed by atoms with van der Waals surface area (Å²) in [7, 11) is 0. The fourth-order valence-corrected chi connectivity index (χ4v) is 2.60. The van der Waals surface area contributed by atoms with Gasteiger partial charge in [0.15, 0.2) is 0 Å². The van der Waals surface area contributed by atoms with E-state index < -0.39 is 0 Å². The van der Waals surface area contributed by atoms with E-state index in [1.54, 1.807) is 0 Å². The van der Waals surface area contributed by atoms with Gasteiger partial charge in [0.2, 0.25) is 0 Å². The quantitative estimate of drug-likeness (QED) is 0.723. The third-order valence-electron chi connectivity index (χ3n) is 3.45. The number of carbonyl (C=O) groups is 1. The highest BCUT2D eigenvalue weighted by Crippen LogP contribution is 2.34. The van der Waals surface area contributed by atoms with E-state index >= 15 is 0 Å². The van der Waals surface area contributed by atoms with Crippen LogP contribution in [0.1, 0.15) is 52.4 Å². The molecule has 1 unspecified atom stereocenters. The van der Waals surface area contributed by atoms with Gasteiger partial charge in [-0.2, -0.15) is 0 Å². The van der Waals surface area contributed by atoms with Crippen LogP contribution >= 0.6 is 0 Å². The Kier molecular flexibility index (Phi) is 5.55. The maximum absolute atomic E-state index is 12.3. The van der Waals surface area contributed by atoms with Gasteiger partial charge in [0, 0.05) is 24.8 Å². The standard InChI is InChI=1S/C14H23NO/c1-3-5-6-8-13(16)14(9-4-2)10-7-11-15-12-14/h15H,4,6-12H2,1-2H3. The second-order valence-corrected chi connectivity index (χ2v) is 4.66. The van der Waals surface area contributed by atoms with E-state index in [1.807, 2.05) is 6.92 Å². The predicted molar refractivity (Wildman–Crippen MR) is 67.1 cm³/mol. The summed E-state index contributed by atoms with van der Waals surface area (Å²) >= 11 is 0. The minimum Gasteiger partial charge on any atom is -0.316 e. The highest BCUT2D eigenvalue weighted by molar-refractivity contribution is 5.85. The average Bonchev–Trinajstić information content (AvgIpc) is 2.31. The molecule has 0 aromatic carbocycles. The van der Waals surface area contributed by atoms with Crippen LogP contribution in [0, 0.1) is 17.3 Å². The molecule has 0 amide bonds. The molecule has 1 heterocycles. The molecule has 1 fully saturated rings. The van der Waals surface area contributed by atoms with Crippen molar-refractivity contribution in [3.05, 3.63) is 0 Å². The maximum atomic E-state index is 12.3. The van der Waals surface area contributed by atoms with Gasteiger partial charge in [-0.25, -0.2) is 0 Å². The number of rotatable bonds is 5. The highest BCUT2D eigenvalue weighted by Gasteiger charge is 2.37. The van der Waals surface area contributed by atoms with E-state index in [-0.39, 0.29) is 5.41 Å². The van der Waals surface area contributed by atoms with Crippen molar-refractivity contribution in [2.24, 2.45) is 5.41 Å². The number of piperidine rings is 1. The van der Waals surface area contributed by atoms with Crippen LogP contribution < -0.4 is 5.32 Å². The Morgan fingerprint density at radius 1 is 1.50 bits per heavy atom. The molecule has 0 aromatic rings. The summed E-state index contributed by atoms with van der Waals surface area (Å²) in [5.74, 6) is 6.26. The van der Waals surface area contributed by atoms with Crippen molar-refractivity contribution in [2.75, 3.05) is 13.1 Å². The van der Waals surface area contributed by atoms with Crippen molar-refractivity contribution in [3.8, 4) is 11.8 Å². The van der Waals surface area contributed by atoms with Gasteiger partial charge in [-0.3, -0.25) is 4.79 Å². The van der Waals surface area contributed by atoms with Gasteiger partial charge < -0.3 is 5.32 Å². The topological polar surface area (TPSA) is 29.1 Å². The largest absolute Gasteiger partial charge is 0.316 e. The van der Waals surface area contributed by atoms with Crippen LogP contribution in [-0.2, 0) is 4.79 Å². The van der Waals surface area contributed by atoms with Crippen LogP contribution in [0.2, 0.25) is 0 Å². The van der Waals surface area contributed by atoms with Crippen molar-refractivity contribution in [3.63, 3.8) is 0 Å². The first-order chi connectivity index (χ1) is 7.75. The summed E-state index contributed by atoms with van der Waals surface area (Å²) in [6, 6.07) is 0. The minimum atomic E-state index is -0.0809. The summed E-state index contributed by atoms with van der Waals surface area (Å²) in [6.07, 6.45) is 5.66. The Balaban J connectivity index is 2.59. The molecule has 1 N–H and O–H groups in total. The zero-order valence-corrected chi connectivity index (χ0v) is 10.6. The summed E-state index contributed by atoms with van der Waals surface area (Å²) in [6.45, 7) is 5.93. The summed E-state index contributed by atoms with van der Waals surface area (Å²) in [5.41, 5.74) is -0.0809. The molecule has 0 bridgehead atoms. The number of nitrogens with one attached hydrogen (secondary N) is 1. The van der Waals surface area contributed by atoms with Crippen LogP contribution in [0.4, 0.5) is 0 Å². The van der Waals surface area contributed by atoms with Crippen molar-refractivity contribution in [2.45, 2.75) is 52.4 Å². The van der Waals surface area contributed by atoms with Crippen molar-refractivity contribution in [1.82, 2.24) is 5.32 Å². The van der Waals surface area contributed by atoms with E-state index in [9.17, 15) is 4.79 Å². The second-order valence-electron chi connectivity index (χ2n) is 4.66. The van der Waals surface area contributed by atoms with Gasteiger partial charge in [-0.15, -0.1) is 11.8 Å². The molecule has 16 heavy (non-hydrogen) atoms. The summed E-state index contributed by atoms with van der Waals surface area (Å²) < 4.78 is 0. The molecular formula is C14H23NO. The fraction of sp³-hybridized carbons (Fsp3) is 0.786. The lowest BCUT2D eigenvalue weighted by molar-refractivity contribution is -0.130. The second kappa shape index (κ2) is 6.70. The number of carbonyl (C=O) groups excluding carboxylic acids is 1. The molecule has 1 aliphatic heterocycles. The lowest BCUT2D eigenvalue weighted by Gasteiger charge is -2.36. The number of hydrogen-bond acceptors (Lipinski definition) is 2. The zero-order valence-electron chi connectivity index (χ0n) is 10.6. The molecule has 2 heteroatoms. The van der Waals surface area contributed by atoms with Crippen LogP contribution in [0.3, 0.4) is 0 Å². The molecular weight excluding hydrogens is 198 g/mol. The first kappa shape index (κ1) is 13.3. The molecule has 0 spiro atoms. The summed E-state index contributed by atoms with van der Waals surface area (Å²) in [4.78, 5) is 12.3. The molecule has 1 atom stereocenters.